The first-order chi connectivity index (χ1) is 19.4. The van der Waals surface area contributed by atoms with Crippen molar-refractivity contribution >= 4 is 34.9 Å². The highest BCUT2D eigenvalue weighted by Crippen LogP contribution is 2.39. The van der Waals surface area contributed by atoms with E-state index in [1.807, 2.05) is 54.6 Å². The molecule has 0 aromatic heterocycles. The van der Waals surface area contributed by atoms with E-state index in [0.717, 1.165) is 12.1 Å². The molecule has 2 N–H and O–H groups in total. The van der Waals surface area contributed by atoms with E-state index in [9.17, 15) is 14.4 Å². The number of hydrogen-bond donors (Lipinski definition) is 2. The number of anilines is 3. The second-order valence-corrected chi connectivity index (χ2v) is 10.2. The van der Waals surface area contributed by atoms with Crippen LogP contribution in [0.5, 0.6) is 5.75 Å². The number of carbonyl (C=O) groups excluding carboxylic acids is 3. The van der Waals surface area contributed by atoms with Crippen molar-refractivity contribution in [1.82, 2.24) is 9.80 Å². The fourth-order valence-corrected chi connectivity index (χ4v) is 5.48. The summed E-state index contributed by atoms with van der Waals surface area (Å²) >= 11 is 0. The molecule has 4 amide bonds. The number of urea groups is 1. The topological polar surface area (TPSA) is 94.2 Å². The van der Waals surface area contributed by atoms with Gasteiger partial charge in [-0.1, -0.05) is 37.3 Å². The van der Waals surface area contributed by atoms with E-state index in [4.69, 9.17) is 4.74 Å². The maximum atomic E-state index is 13.9. The number of hydrogen-bond acceptors (Lipinski definition) is 5. The van der Waals surface area contributed by atoms with E-state index in [-0.39, 0.29) is 24.4 Å². The number of piperidine rings is 1. The summed E-state index contributed by atoms with van der Waals surface area (Å²) in [5, 5.41) is 5.85. The standard InChI is InChI=1S/C31H35N5O4/c1-3-23-9-11-24(12-10-23)32-28(37)21-35-22-36(26-7-5-4-6-8-26)31(29(35)38)17-19-34(20-18-31)30(39)33-25-13-15-27(40-2)16-14-25/h4-16H,3,17-22H2,1-2H3,(H,32,37)(H,33,39). The number of carbonyl (C=O) groups is 3. The molecule has 3 aromatic carbocycles. The predicted molar refractivity (Wildman–Crippen MR) is 156 cm³/mol. The highest BCUT2D eigenvalue weighted by Gasteiger charge is 2.54. The maximum Gasteiger partial charge on any atom is 0.321 e. The van der Waals surface area contributed by atoms with E-state index in [2.05, 4.69) is 22.5 Å². The average molecular weight is 542 g/mol. The van der Waals surface area contributed by atoms with Crippen molar-refractivity contribution in [3.8, 4) is 5.75 Å². The van der Waals surface area contributed by atoms with Crippen molar-refractivity contribution in [2.75, 3.05) is 48.9 Å². The van der Waals surface area contributed by atoms with E-state index in [1.54, 1.807) is 41.2 Å². The van der Waals surface area contributed by atoms with E-state index < -0.39 is 5.54 Å². The Morgan fingerprint density at radius 3 is 2.12 bits per heavy atom. The van der Waals surface area contributed by atoms with Crippen LogP contribution in [0.2, 0.25) is 0 Å². The Kier molecular flexibility index (Phi) is 7.91. The van der Waals surface area contributed by atoms with Crippen molar-refractivity contribution in [2.24, 2.45) is 0 Å². The molecule has 5 rings (SSSR count). The van der Waals surface area contributed by atoms with Crippen LogP contribution in [-0.4, -0.2) is 66.6 Å². The Balaban J connectivity index is 1.27. The molecule has 3 aromatic rings. The molecule has 9 heteroatoms. The van der Waals surface area contributed by atoms with Crippen LogP contribution in [0.1, 0.15) is 25.3 Å². The van der Waals surface area contributed by atoms with Gasteiger partial charge in [0.25, 0.3) is 5.91 Å². The predicted octanol–water partition coefficient (Wildman–Crippen LogP) is 4.57. The zero-order valence-electron chi connectivity index (χ0n) is 22.9. The summed E-state index contributed by atoms with van der Waals surface area (Å²) in [6, 6.07) is 24.5. The Hall–Kier alpha value is -4.53. The molecular weight excluding hydrogens is 506 g/mol. The molecule has 2 aliphatic rings. The molecule has 9 nitrogen and oxygen atoms in total. The molecule has 2 heterocycles. The zero-order chi connectivity index (χ0) is 28.1. The minimum Gasteiger partial charge on any atom is -0.497 e. The van der Waals surface area contributed by atoms with E-state index >= 15 is 0 Å². The molecule has 0 atom stereocenters. The number of likely N-dealkylation sites (tertiary alicyclic amines) is 1. The number of methoxy groups -OCH3 is 1. The van der Waals surface area contributed by atoms with Gasteiger partial charge in [-0.25, -0.2) is 4.79 Å². The van der Waals surface area contributed by atoms with Crippen molar-refractivity contribution in [1.29, 1.82) is 0 Å². The first-order valence-corrected chi connectivity index (χ1v) is 13.6. The first kappa shape index (κ1) is 27.1. The van der Waals surface area contributed by atoms with Crippen LogP contribution < -0.4 is 20.3 Å². The Bertz CT molecular complexity index is 1340. The number of benzene rings is 3. The third-order valence-electron chi connectivity index (χ3n) is 7.78. The highest BCUT2D eigenvalue weighted by molar-refractivity contribution is 5.99. The Labute approximate surface area is 234 Å². The number of rotatable bonds is 7. The maximum absolute atomic E-state index is 13.9. The van der Waals surface area contributed by atoms with Crippen molar-refractivity contribution < 1.29 is 19.1 Å². The van der Waals surface area contributed by atoms with Gasteiger partial charge < -0.3 is 30.1 Å². The first-order valence-electron chi connectivity index (χ1n) is 13.6. The van der Waals surface area contributed by atoms with Gasteiger partial charge >= 0.3 is 6.03 Å². The van der Waals surface area contributed by atoms with Crippen molar-refractivity contribution in [3.63, 3.8) is 0 Å². The smallest absolute Gasteiger partial charge is 0.321 e. The summed E-state index contributed by atoms with van der Waals surface area (Å²) in [6.45, 7) is 3.19. The minimum atomic E-state index is -0.818. The lowest BCUT2D eigenvalue weighted by Gasteiger charge is -2.43. The van der Waals surface area contributed by atoms with E-state index in [0.29, 0.717) is 49.7 Å². The Morgan fingerprint density at radius 1 is 0.875 bits per heavy atom. The lowest BCUT2D eigenvalue weighted by Crippen LogP contribution is -2.58. The average Bonchev–Trinajstić information content (AvgIpc) is 3.24. The number of amides is 4. The zero-order valence-corrected chi connectivity index (χ0v) is 22.9. The van der Waals surface area contributed by atoms with Gasteiger partial charge in [0.05, 0.1) is 13.8 Å². The minimum absolute atomic E-state index is 0.0406. The van der Waals surface area contributed by atoms with Crippen LogP contribution in [0.3, 0.4) is 0 Å². The normalized spacial score (nSPS) is 16.2. The molecule has 0 unspecified atom stereocenters. The van der Waals surface area contributed by atoms with Crippen LogP contribution in [0.4, 0.5) is 21.9 Å². The van der Waals surface area contributed by atoms with Crippen LogP contribution in [0, 0.1) is 0 Å². The van der Waals surface area contributed by atoms with Gasteiger partial charge in [0.1, 0.15) is 17.8 Å². The summed E-state index contributed by atoms with van der Waals surface area (Å²) in [6.07, 6.45) is 1.86. The van der Waals surface area contributed by atoms with Gasteiger partial charge in [-0.3, -0.25) is 9.59 Å². The number of para-hydroxylation sites is 1. The van der Waals surface area contributed by atoms with Crippen LogP contribution in [0.25, 0.3) is 0 Å². The third kappa shape index (κ3) is 5.59. The van der Waals surface area contributed by atoms with Crippen LogP contribution in [-0.2, 0) is 16.0 Å². The summed E-state index contributed by atoms with van der Waals surface area (Å²) in [4.78, 5) is 45.3. The molecule has 208 valence electrons. The fraction of sp³-hybridized carbons (Fsp3) is 0.323. The largest absolute Gasteiger partial charge is 0.497 e. The third-order valence-corrected chi connectivity index (χ3v) is 7.78. The van der Waals surface area contributed by atoms with Crippen LogP contribution >= 0.6 is 0 Å². The lowest BCUT2D eigenvalue weighted by molar-refractivity contribution is -0.136. The monoisotopic (exact) mass is 541 g/mol. The molecule has 2 aliphatic heterocycles. The van der Waals surface area contributed by atoms with Gasteiger partial charge in [0, 0.05) is 30.2 Å². The summed E-state index contributed by atoms with van der Waals surface area (Å²) in [5.74, 6) is 0.397. The van der Waals surface area contributed by atoms with E-state index in [1.165, 1.54) is 5.56 Å². The molecule has 0 bridgehead atoms. The summed E-state index contributed by atoms with van der Waals surface area (Å²) in [7, 11) is 1.60. The molecule has 0 aliphatic carbocycles. The SMILES string of the molecule is CCc1ccc(NC(=O)CN2CN(c3ccccc3)C3(CCN(C(=O)Nc4ccc(OC)cc4)CC3)C2=O)cc1. The number of nitrogens with zero attached hydrogens (tertiary/aromatic N) is 3. The number of nitrogens with one attached hydrogen (secondary N) is 2. The molecule has 0 radical (unpaired) electrons. The van der Waals surface area contributed by atoms with Gasteiger partial charge in [-0.05, 0) is 73.4 Å². The molecular formula is C31H35N5O4. The quantitative estimate of drug-likeness (QED) is 0.457. The second kappa shape index (κ2) is 11.7. The summed E-state index contributed by atoms with van der Waals surface area (Å²) in [5.41, 5.74) is 2.68. The summed E-state index contributed by atoms with van der Waals surface area (Å²) < 4.78 is 5.18. The van der Waals surface area contributed by atoms with Gasteiger partial charge in [0.15, 0.2) is 0 Å². The Morgan fingerprint density at radius 2 is 1.50 bits per heavy atom. The highest BCUT2D eigenvalue weighted by atomic mass is 16.5. The fourth-order valence-electron chi connectivity index (χ4n) is 5.48. The van der Waals surface area contributed by atoms with Gasteiger partial charge in [-0.2, -0.15) is 0 Å². The molecule has 40 heavy (non-hydrogen) atoms. The van der Waals surface area contributed by atoms with Crippen molar-refractivity contribution in [3.05, 3.63) is 84.4 Å². The molecule has 2 fully saturated rings. The van der Waals surface area contributed by atoms with Gasteiger partial charge in [0.2, 0.25) is 5.91 Å². The molecule has 2 saturated heterocycles. The molecule has 1 spiro atoms. The van der Waals surface area contributed by atoms with Crippen molar-refractivity contribution in [2.45, 2.75) is 31.7 Å². The lowest BCUT2D eigenvalue weighted by atomic mass is 9.85. The molecule has 0 saturated carbocycles. The number of ether oxygens (including phenoxy) is 1. The second-order valence-electron chi connectivity index (χ2n) is 10.2. The van der Waals surface area contributed by atoms with Crippen LogP contribution in [0.15, 0.2) is 78.9 Å². The van der Waals surface area contributed by atoms with Gasteiger partial charge in [-0.15, -0.1) is 0 Å². The number of aryl methyl sites for hydroxylation is 1.